The minimum atomic E-state index is 0.194. The van der Waals surface area contributed by atoms with Gasteiger partial charge in [-0.2, -0.15) is 11.8 Å². The summed E-state index contributed by atoms with van der Waals surface area (Å²) in [4.78, 5) is 6.97. The molecule has 1 fully saturated rings. The zero-order chi connectivity index (χ0) is 12.1. The molecule has 0 aromatic carbocycles. The number of thioether (sulfide) groups is 1. The van der Waals surface area contributed by atoms with Crippen LogP contribution in [-0.2, 0) is 6.42 Å². The van der Waals surface area contributed by atoms with Gasteiger partial charge in [0.25, 0.3) is 0 Å². The summed E-state index contributed by atoms with van der Waals surface area (Å²) in [6, 6.07) is 4.36. The van der Waals surface area contributed by atoms with Crippen molar-refractivity contribution in [2.45, 2.75) is 25.8 Å². The first-order valence-electron chi connectivity index (χ1n) is 6.29. The van der Waals surface area contributed by atoms with Crippen LogP contribution in [0, 0.1) is 0 Å². The lowest BCUT2D eigenvalue weighted by Gasteiger charge is -2.24. The van der Waals surface area contributed by atoms with Crippen LogP contribution in [0.5, 0.6) is 0 Å². The SMILES string of the molecule is CC(N)Cc1cccnc1N1CCCSCC1. The quantitative estimate of drug-likeness (QED) is 0.891. The van der Waals surface area contributed by atoms with Gasteiger partial charge in [-0.15, -0.1) is 0 Å². The highest BCUT2D eigenvalue weighted by atomic mass is 32.2. The molecule has 1 aliphatic rings. The summed E-state index contributed by atoms with van der Waals surface area (Å²) >= 11 is 2.04. The molecular weight excluding hydrogens is 230 g/mol. The van der Waals surface area contributed by atoms with Gasteiger partial charge in [0, 0.05) is 31.1 Å². The molecule has 3 nitrogen and oxygen atoms in total. The van der Waals surface area contributed by atoms with Crippen molar-refractivity contribution >= 4 is 17.6 Å². The highest BCUT2D eigenvalue weighted by Gasteiger charge is 2.15. The Hall–Kier alpha value is -0.740. The minimum Gasteiger partial charge on any atom is -0.356 e. The summed E-state index contributed by atoms with van der Waals surface area (Å²) in [7, 11) is 0. The lowest BCUT2D eigenvalue weighted by Crippen LogP contribution is -2.29. The number of nitrogens with zero attached hydrogens (tertiary/aromatic N) is 2. The largest absolute Gasteiger partial charge is 0.356 e. The van der Waals surface area contributed by atoms with Gasteiger partial charge in [-0.25, -0.2) is 4.98 Å². The first-order valence-corrected chi connectivity index (χ1v) is 7.45. The Morgan fingerprint density at radius 2 is 2.35 bits per heavy atom. The number of aromatic nitrogens is 1. The molecule has 1 saturated heterocycles. The Bertz CT molecular complexity index is 346. The second kappa shape index (κ2) is 6.26. The second-order valence-electron chi connectivity index (χ2n) is 4.62. The van der Waals surface area contributed by atoms with E-state index in [-0.39, 0.29) is 6.04 Å². The predicted octanol–water partition coefficient (Wildman–Crippen LogP) is 1.91. The van der Waals surface area contributed by atoms with Crippen molar-refractivity contribution in [3.63, 3.8) is 0 Å². The van der Waals surface area contributed by atoms with Gasteiger partial charge < -0.3 is 10.6 Å². The number of anilines is 1. The topological polar surface area (TPSA) is 42.1 Å². The summed E-state index contributed by atoms with van der Waals surface area (Å²) in [6.45, 7) is 4.28. The van der Waals surface area contributed by atoms with Crippen LogP contribution >= 0.6 is 11.8 Å². The standard InChI is InChI=1S/C13H21N3S/c1-11(14)10-12-4-2-5-15-13(12)16-6-3-8-17-9-7-16/h2,4-5,11H,3,6-10,14H2,1H3. The molecule has 94 valence electrons. The van der Waals surface area contributed by atoms with Crippen LogP contribution in [0.1, 0.15) is 18.9 Å². The molecule has 0 bridgehead atoms. The lowest BCUT2D eigenvalue weighted by atomic mass is 10.1. The third-order valence-corrected chi connectivity index (χ3v) is 3.98. The maximum Gasteiger partial charge on any atom is 0.131 e. The molecule has 2 rings (SSSR count). The number of hydrogen-bond donors (Lipinski definition) is 1. The molecule has 0 radical (unpaired) electrons. The fourth-order valence-electron chi connectivity index (χ4n) is 2.18. The van der Waals surface area contributed by atoms with Crippen molar-refractivity contribution in [1.29, 1.82) is 0 Å². The average molecular weight is 251 g/mol. The van der Waals surface area contributed by atoms with E-state index in [1.807, 2.05) is 24.0 Å². The molecule has 1 unspecified atom stereocenters. The summed E-state index contributed by atoms with van der Waals surface area (Å²) < 4.78 is 0. The molecule has 0 spiro atoms. The summed E-state index contributed by atoms with van der Waals surface area (Å²) in [5.41, 5.74) is 7.19. The zero-order valence-electron chi connectivity index (χ0n) is 10.4. The van der Waals surface area contributed by atoms with E-state index in [1.165, 1.54) is 23.5 Å². The van der Waals surface area contributed by atoms with Gasteiger partial charge in [-0.3, -0.25) is 0 Å². The second-order valence-corrected chi connectivity index (χ2v) is 5.85. The van der Waals surface area contributed by atoms with Crippen molar-refractivity contribution < 1.29 is 0 Å². The Morgan fingerprint density at radius 1 is 1.47 bits per heavy atom. The molecule has 4 heteroatoms. The van der Waals surface area contributed by atoms with E-state index in [4.69, 9.17) is 5.73 Å². The first-order chi connectivity index (χ1) is 8.27. The summed E-state index contributed by atoms with van der Waals surface area (Å²) in [6.07, 6.45) is 4.05. The molecular formula is C13H21N3S. The van der Waals surface area contributed by atoms with Crippen LogP contribution in [0.4, 0.5) is 5.82 Å². The van der Waals surface area contributed by atoms with Crippen molar-refractivity contribution in [3.8, 4) is 0 Å². The molecule has 0 aliphatic carbocycles. The van der Waals surface area contributed by atoms with Crippen LogP contribution in [0.25, 0.3) is 0 Å². The van der Waals surface area contributed by atoms with Gasteiger partial charge in [0.15, 0.2) is 0 Å². The van der Waals surface area contributed by atoms with Crippen LogP contribution in [0.2, 0.25) is 0 Å². The van der Waals surface area contributed by atoms with Crippen molar-refractivity contribution in [3.05, 3.63) is 23.9 Å². The highest BCUT2D eigenvalue weighted by molar-refractivity contribution is 7.99. The number of rotatable bonds is 3. The van der Waals surface area contributed by atoms with Gasteiger partial charge in [0.05, 0.1) is 0 Å². The van der Waals surface area contributed by atoms with Crippen molar-refractivity contribution in [2.75, 3.05) is 29.5 Å². The Kier molecular flexibility index (Phi) is 4.68. The Morgan fingerprint density at radius 3 is 3.18 bits per heavy atom. The molecule has 1 aliphatic heterocycles. The van der Waals surface area contributed by atoms with Gasteiger partial charge in [-0.1, -0.05) is 6.07 Å². The number of nitrogens with two attached hydrogens (primary N) is 1. The molecule has 17 heavy (non-hydrogen) atoms. The lowest BCUT2D eigenvalue weighted by molar-refractivity contribution is 0.723. The molecule has 0 saturated carbocycles. The molecule has 1 atom stereocenters. The van der Waals surface area contributed by atoms with Crippen LogP contribution in [0.15, 0.2) is 18.3 Å². The van der Waals surface area contributed by atoms with E-state index in [9.17, 15) is 0 Å². The Balaban J connectivity index is 2.17. The maximum atomic E-state index is 5.90. The highest BCUT2D eigenvalue weighted by Crippen LogP contribution is 2.21. The van der Waals surface area contributed by atoms with Crippen LogP contribution in [0.3, 0.4) is 0 Å². The van der Waals surface area contributed by atoms with Gasteiger partial charge >= 0.3 is 0 Å². The minimum absolute atomic E-state index is 0.194. The van der Waals surface area contributed by atoms with E-state index >= 15 is 0 Å². The van der Waals surface area contributed by atoms with E-state index in [0.717, 1.165) is 25.3 Å². The fraction of sp³-hybridized carbons (Fsp3) is 0.615. The predicted molar refractivity (Wildman–Crippen MR) is 75.7 cm³/mol. The smallest absolute Gasteiger partial charge is 0.131 e. The summed E-state index contributed by atoms with van der Waals surface area (Å²) in [5.74, 6) is 3.62. The van der Waals surface area contributed by atoms with E-state index in [1.54, 1.807) is 0 Å². The van der Waals surface area contributed by atoms with E-state index in [2.05, 4.69) is 22.9 Å². The normalized spacial score (nSPS) is 18.8. The number of hydrogen-bond acceptors (Lipinski definition) is 4. The maximum absolute atomic E-state index is 5.90. The molecule has 2 heterocycles. The van der Waals surface area contributed by atoms with Crippen LogP contribution in [-0.4, -0.2) is 35.6 Å². The van der Waals surface area contributed by atoms with Gasteiger partial charge in [-0.05, 0) is 37.1 Å². The zero-order valence-corrected chi connectivity index (χ0v) is 11.2. The monoisotopic (exact) mass is 251 g/mol. The molecule has 0 amide bonds. The third-order valence-electron chi connectivity index (χ3n) is 2.93. The number of pyridine rings is 1. The average Bonchev–Trinajstić information content (AvgIpc) is 2.57. The van der Waals surface area contributed by atoms with Gasteiger partial charge in [0.2, 0.25) is 0 Å². The Labute approximate surface area is 108 Å². The van der Waals surface area contributed by atoms with E-state index < -0.39 is 0 Å². The summed E-state index contributed by atoms with van der Waals surface area (Å²) in [5, 5.41) is 0. The van der Waals surface area contributed by atoms with Crippen molar-refractivity contribution in [2.24, 2.45) is 5.73 Å². The molecule has 1 aromatic heterocycles. The third kappa shape index (κ3) is 3.61. The van der Waals surface area contributed by atoms with E-state index in [0.29, 0.717) is 0 Å². The molecule has 2 N–H and O–H groups in total. The first kappa shape index (κ1) is 12.7. The van der Waals surface area contributed by atoms with Crippen LogP contribution < -0.4 is 10.6 Å². The van der Waals surface area contributed by atoms with Gasteiger partial charge in [0.1, 0.15) is 5.82 Å². The fourth-order valence-corrected chi connectivity index (χ4v) is 3.07. The van der Waals surface area contributed by atoms with Crippen molar-refractivity contribution in [1.82, 2.24) is 4.98 Å². The molecule has 1 aromatic rings.